The van der Waals surface area contributed by atoms with Crippen molar-refractivity contribution in [2.75, 3.05) is 6.54 Å². The van der Waals surface area contributed by atoms with Gasteiger partial charge in [-0.15, -0.1) is 0 Å². The number of aromatic nitrogens is 1. The Hall–Kier alpha value is -2.43. The molecule has 5 nitrogen and oxygen atoms in total. The molecule has 1 saturated heterocycles. The van der Waals surface area contributed by atoms with E-state index in [1.54, 1.807) is 11.0 Å². The monoisotopic (exact) mass is 312 g/mol. The van der Waals surface area contributed by atoms with Crippen LogP contribution < -0.4 is 0 Å². The number of rotatable bonds is 3. The number of carboxylic acids is 1. The second-order valence-electron chi connectivity index (χ2n) is 6.11. The van der Waals surface area contributed by atoms with Crippen LogP contribution >= 0.6 is 0 Å². The van der Waals surface area contributed by atoms with Crippen molar-refractivity contribution >= 4 is 22.8 Å². The maximum atomic E-state index is 12.8. The third kappa shape index (κ3) is 3.33. The molecule has 1 aromatic heterocycles. The quantitative estimate of drug-likeness (QED) is 0.945. The molecule has 2 aromatic rings. The highest BCUT2D eigenvalue weighted by Gasteiger charge is 2.29. The lowest BCUT2D eigenvalue weighted by atomic mass is 9.98. The molecule has 120 valence electrons. The number of carbonyl (C=O) groups excluding carboxylic acids is 1. The van der Waals surface area contributed by atoms with E-state index < -0.39 is 5.97 Å². The van der Waals surface area contributed by atoms with E-state index >= 15 is 0 Å². The number of benzene rings is 1. The van der Waals surface area contributed by atoms with Crippen molar-refractivity contribution in [3.05, 3.63) is 41.6 Å². The van der Waals surface area contributed by atoms with Crippen LogP contribution in [0.25, 0.3) is 10.9 Å². The highest BCUT2D eigenvalue weighted by atomic mass is 16.4. The highest BCUT2D eigenvalue weighted by molar-refractivity contribution is 5.98. The van der Waals surface area contributed by atoms with Crippen molar-refractivity contribution in [2.45, 2.75) is 38.6 Å². The fourth-order valence-electron chi connectivity index (χ4n) is 3.21. The second-order valence-corrected chi connectivity index (χ2v) is 6.11. The van der Waals surface area contributed by atoms with Crippen LogP contribution in [-0.2, 0) is 4.79 Å². The maximum absolute atomic E-state index is 12.8. The van der Waals surface area contributed by atoms with Gasteiger partial charge in [0.1, 0.15) is 0 Å². The molecular weight excluding hydrogens is 292 g/mol. The minimum atomic E-state index is -0.854. The summed E-state index contributed by atoms with van der Waals surface area (Å²) >= 11 is 0. The molecule has 1 atom stereocenters. The normalized spacial score (nSPS) is 18.1. The first-order valence-electron chi connectivity index (χ1n) is 7.95. The molecule has 0 bridgehead atoms. The Balaban J connectivity index is 1.88. The van der Waals surface area contributed by atoms with Crippen LogP contribution in [0.4, 0.5) is 0 Å². The molecule has 1 aliphatic heterocycles. The van der Waals surface area contributed by atoms with Gasteiger partial charge in [-0.25, -0.2) is 0 Å². The Morgan fingerprint density at radius 3 is 2.87 bits per heavy atom. The number of aryl methyl sites for hydroxylation is 1. The van der Waals surface area contributed by atoms with E-state index in [4.69, 9.17) is 5.11 Å². The molecule has 1 aliphatic rings. The minimum absolute atomic E-state index is 0.0140. The second kappa shape index (κ2) is 6.36. The van der Waals surface area contributed by atoms with Crippen LogP contribution in [-0.4, -0.2) is 39.5 Å². The predicted octanol–water partition coefficient (Wildman–Crippen LogP) is 3.01. The van der Waals surface area contributed by atoms with Crippen molar-refractivity contribution in [1.82, 2.24) is 9.88 Å². The van der Waals surface area contributed by atoms with E-state index in [1.807, 2.05) is 31.2 Å². The number of aliphatic carboxylic acids is 1. The fourth-order valence-corrected chi connectivity index (χ4v) is 3.21. The van der Waals surface area contributed by atoms with Crippen molar-refractivity contribution < 1.29 is 14.7 Å². The number of piperidine rings is 1. The summed E-state index contributed by atoms with van der Waals surface area (Å²) in [5, 5.41) is 9.98. The number of amides is 1. The maximum Gasteiger partial charge on any atom is 0.305 e. The summed E-state index contributed by atoms with van der Waals surface area (Å²) in [5.74, 6) is -0.939. The Kier molecular flexibility index (Phi) is 4.28. The molecule has 1 amide bonds. The lowest BCUT2D eigenvalue weighted by molar-refractivity contribution is -0.138. The highest BCUT2D eigenvalue weighted by Crippen LogP contribution is 2.23. The smallest absolute Gasteiger partial charge is 0.305 e. The topological polar surface area (TPSA) is 70.5 Å². The Labute approximate surface area is 134 Å². The summed E-state index contributed by atoms with van der Waals surface area (Å²) in [7, 11) is 0. The number of nitrogens with zero attached hydrogens (tertiary/aromatic N) is 2. The summed E-state index contributed by atoms with van der Waals surface area (Å²) in [6, 6.07) is 9.15. The molecule has 23 heavy (non-hydrogen) atoms. The van der Waals surface area contributed by atoms with E-state index in [9.17, 15) is 9.59 Å². The average Bonchev–Trinajstić information content (AvgIpc) is 2.53. The van der Waals surface area contributed by atoms with Crippen molar-refractivity contribution in [2.24, 2.45) is 0 Å². The molecule has 0 saturated carbocycles. The van der Waals surface area contributed by atoms with Crippen LogP contribution in [0.15, 0.2) is 30.3 Å². The van der Waals surface area contributed by atoms with Crippen LogP contribution in [0.2, 0.25) is 0 Å². The number of pyridine rings is 1. The number of carboxylic acid groups (broad SMARTS) is 1. The van der Waals surface area contributed by atoms with E-state index in [-0.39, 0.29) is 18.4 Å². The van der Waals surface area contributed by atoms with E-state index in [2.05, 4.69) is 4.98 Å². The first kappa shape index (κ1) is 15.5. The zero-order valence-electron chi connectivity index (χ0n) is 13.2. The zero-order valence-corrected chi connectivity index (χ0v) is 13.2. The fraction of sp³-hybridized carbons (Fsp3) is 0.389. The standard InChI is InChI=1S/C18H20N2O3/c1-12-5-6-13-10-14(7-8-16(13)19-12)18(23)20-9-3-2-4-15(20)11-17(21)22/h5-8,10,15H,2-4,9,11H2,1H3,(H,21,22). The first-order valence-corrected chi connectivity index (χ1v) is 7.95. The molecule has 1 unspecified atom stereocenters. The predicted molar refractivity (Wildman–Crippen MR) is 87.4 cm³/mol. The van der Waals surface area contributed by atoms with Gasteiger partial charge in [0.15, 0.2) is 0 Å². The number of likely N-dealkylation sites (tertiary alicyclic amines) is 1. The molecule has 3 rings (SSSR count). The average molecular weight is 312 g/mol. The molecule has 1 N–H and O–H groups in total. The van der Waals surface area contributed by atoms with Gasteiger partial charge in [0.2, 0.25) is 0 Å². The van der Waals surface area contributed by atoms with Gasteiger partial charge >= 0.3 is 5.97 Å². The zero-order chi connectivity index (χ0) is 16.4. The van der Waals surface area contributed by atoms with Gasteiger partial charge in [-0.1, -0.05) is 6.07 Å². The number of carbonyl (C=O) groups is 2. The van der Waals surface area contributed by atoms with Crippen molar-refractivity contribution in [3.63, 3.8) is 0 Å². The van der Waals surface area contributed by atoms with Gasteiger partial charge in [-0.2, -0.15) is 0 Å². The SMILES string of the molecule is Cc1ccc2cc(C(=O)N3CCCCC3CC(=O)O)ccc2n1. The van der Waals surface area contributed by atoms with Crippen LogP contribution in [0, 0.1) is 6.92 Å². The summed E-state index contributed by atoms with van der Waals surface area (Å²) in [5.41, 5.74) is 2.40. The number of fused-ring (bicyclic) bond motifs is 1. The Morgan fingerprint density at radius 1 is 1.26 bits per heavy atom. The molecule has 1 fully saturated rings. The van der Waals surface area contributed by atoms with Gasteiger partial charge in [0.25, 0.3) is 5.91 Å². The third-order valence-corrected chi connectivity index (χ3v) is 4.37. The van der Waals surface area contributed by atoms with E-state index in [1.165, 1.54) is 0 Å². The van der Waals surface area contributed by atoms with Gasteiger partial charge in [0.05, 0.1) is 11.9 Å². The largest absolute Gasteiger partial charge is 0.481 e. The summed E-state index contributed by atoms with van der Waals surface area (Å²) in [6.45, 7) is 2.56. The summed E-state index contributed by atoms with van der Waals surface area (Å²) in [6.07, 6.45) is 2.67. The number of hydrogen-bond donors (Lipinski definition) is 1. The number of hydrogen-bond acceptors (Lipinski definition) is 3. The van der Waals surface area contributed by atoms with Gasteiger partial charge in [0, 0.05) is 29.2 Å². The van der Waals surface area contributed by atoms with E-state index in [0.717, 1.165) is 35.9 Å². The lowest BCUT2D eigenvalue weighted by Gasteiger charge is -2.35. The van der Waals surface area contributed by atoms with E-state index in [0.29, 0.717) is 12.1 Å². The molecular formula is C18H20N2O3. The first-order chi connectivity index (χ1) is 11.0. The third-order valence-electron chi connectivity index (χ3n) is 4.37. The Bertz CT molecular complexity index is 757. The van der Waals surface area contributed by atoms with Crippen molar-refractivity contribution in [3.8, 4) is 0 Å². The molecule has 0 spiro atoms. The summed E-state index contributed by atoms with van der Waals surface area (Å²) in [4.78, 5) is 30.0. The summed E-state index contributed by atoms with van der Waals surface area (Å²) < 4.78 is 0. The molecule has 2 heterocycles. The van der Waals surface area contributed by atoms with Crippen LogP contribution in [0.5, 0.6) is 0 Å². The lowest BCUT2D eigenvalue weighted by Crippen LogP contribution is -2.44. The Morgan fingerprint density at radius 2 is 2.09 bits per heavy atom. The molecule has 0 radical (unpaired) electrons. The molecule has 5 heteroatoms. The molecule has 0 aliphatic carbocycles. The van der Waals surface area contributed by atoms with Crippen molar-refractivity contribution in [1.29, 1.82) is 0 Å². The van der Waals surface area contributed by atoms with Gasteiger partial charge in [-0.05, 0) is 50.5 Å². The van der Waals surface area contributed by atoms with Crippen LogP contribution in [0.3, 0.4) is 0 Å². The minimum Gasteiger partial charge on any atom is -0.481 e. The van der Waals surface area contributed by atoms with Gasteiger partial charge in [-0.3, -0.25) is 14.6 Å². The molecule has 1 aromatic carbocycles. The van der Waals surface area contributed by atoms with Crippen LogP contribution in [0.1, 0.15) is 41.7 Å². The van der Waals surface area contributed by atoms with Gasteiger partial charge < -0.3 is 10.0 Å².